The van der Waals surface area contributed by atoms with Crippen molar-refractivity contribution in [3.63, 3.8) is 0 Å². The van der Waals surface area contributed by atoms with E-state index in [1.165, 1.54) is 17.2 Å². The third-order valence-corrected chi connectivity index (χ3v) is 3.21. The van der Waals surface area contributed by atoms with Crippen molar-refractivity contribution in [3.8, 4) is 0 Å². The van der Waals surface area contributed by atoms with E-state index in [2.05, 4.69) is 31.3 Å². The third kappa shape index (κ3) is 2.96. The van der Waals surface area contributed by atoms with Crippen molar-refractivity contribution in [3.05, 3.63) is 71.0 Å². The lowest BCUT2D eigenvalue weighted by Gasteiger charge is -2.16. The fourth-order valence-corrected chi connectivity index (χ4v) is 2.09. The fraction of sp³-hybridized carbons (Fsp3) is 0.250. The maximum absolute atomic E-state index is 13.5. The van der Waals surface area contributed by atoms with Crippen LogP contribution in [-0.2, 0) is 6.54 Å². The van der Waals surface area contributed by atoms with E-state index in [1.54, 1.807) is 6.07 Å². The predicted molar refractivity (Wildman–Crippen MR) is 72.8 cm³/mol. The number of halogens is 1. The molecule has 1 N–H and O–H groups in total. The normalized spacial score (nSPS) is 12.4. The van der Waals surface area contributed by atoms with Gasteiger partial charge in [-0.15, -0.1) is 0 Å². The van der Waals surface area contributed by atoms with Crippen LogP contribution in [0.5, 0.6) is 0 Å². The van der Waals surface area contributed by atoms with Crippen molar-refractivity contribution in [1.82, 2.24) is 5.32 Å². The number of hydrogen-bond donors (Lipinski definition) is 1. The second-order valence-electron chi connectivity index (χ2n) is 4.55. The zero-order valence-electron chi connectivity index (χ0n) is 10.8. The van der Waals surface area contributed by atoms with Crippen molar-refractivity contribution in [2.75, 3.05) is 0 Å². The molecule has 0 amide bonds. The number of rotatable bonds is 4. The molecule has 94 valence electrons. The fourth-order valence-electron chi connectivity index (χ4n) is 2.09. The summed E-state index contributed by atoms with van der Waals surface area (Å²) in [6.45, 7) is 4.74. The average molecular weight is 243 g/mol. The molecule has 0 fully saturated rings. The zero-order valence-corrected chi connectivity index (χ0v) is 10.8. The molecule has 18 heavy (non-hydrogen) atoms. The molecule has 2 rings (SSSR count). The number of nitrogens with one attached hydrogen (secondary N) is 1. The Bertz CT molecular complexity index is 522. The van der Waals surface area contributed by atoms with Crippen LogP contribution < -0.4 is 5.32 Å². The highest BCUT2D eigenvalue weighted by molar-refractivity contribution is 5.28. The highest BCUT2D eigenvalue weighted by Crippen LogP contribution is 2.17. The van der Waals surface area contributed by atoms with Gasteiger partial charge in [-0.25, -0.2) is 4.39 Å². The Kier molecular flexibility index (Phi) is 4.11. The standard InChI is InChI=1S/C16H18FN/c1-12-7-3-5-9-15(12)13(2)18-11-14-8-4-6-10-16(14)17/h3-10,13,18H,11H2,1-2H3/t13-/m1/s1. The first-order chi connectivity index (χ1) is 8.68. The smallest absolute Gasteiger partial charge is 0.127 e. The summed E-state index contributed by atoms with van der Waals surface area (Å²) >= 11 is 0. The van der Waals surface area contributed by atoms with E-state index in [-0.39, 0.29) is 11.9 Å². The van der Waals surface area contributed by atoms with Gasteiger partial charge in [-0.2, -0.15) is 0 Å². The van der Waals surface area contributed by atoms with Crippen molar-refractivity contribution < 1.29 is 4.39 Å². The first-order valence-electron chi connectivity index (χ1n) is 6.21. The monoisotopic (exact) mass is 243 g/mol. The Labute approximate surface area is 108 Å². The van der Waals surface area contributed by atoms with E-state index in [9.17, 15) is 4.39 Å². The minimum absolute atomic E-state index is 0.151. The third-order valence-electron chi connectivity index (χ3n) is 3.21. The van der Waals surface area contributed by atoms with Gasteiger partial charge in [-0.05, 0) is 31.0 Å². The first-order valence-corrected chi connectivity index (χ1v) is 6.21. The van der Waals surface area contributed by atoms with Gasteiger partial charge < -0.3 is 5.32 Å². The van der Waals surface area contributed by atoms with E-state index in [4.69, 9.17) is 0 Å². The molecule has 1 nitrogen and oxygen atoms in total. The van der Waals surface area contributed by atoms with Crippen LogP contribution in [0.25, 0.3) is 0 Å². The Morgan fingerprint density at radius 2 is 1.72 bits per heavy atom. The lowest BCUT2D eigenvalue weighted by molar-refractivity contribution is 0.543. The Hall–Kier alpha value is -1.67. The Morgan fingerprint density at radius 1 is 1.06 bits per heavy atom. The molecule has 0 heterocycles. The summed E-state index contributed by atoms with van der Waals surface area (Å²) in [7, 11) is 0. The molecular weight excluding hydrogens is 225 g/mol. The lowest BCUT2D eigenvalue weighted by Crippen LogP contribution is -2.19. The van der Waals surface area contributed by atoms with Crippen LogP contribution in [0, 0.1) is 12.7 Å². The SMILES string of the molecule is Cc1ccccc1[C@@H](C)NCc1ccccc1F. The molecule has 0 saturated heterocycles. The van der Waals surface area contributed by atoms with E-state index >= 15 is 0 Å². The molecular formula is C16H18FN. The van der Waals surface area contributed by atoms with Gasteiger partial charge in [0.15, 0.2) is 0 Å². The highest BCUT2D eigenvalue weighted by Gasteiger charge is 2.08. The number of benzene rings is 2. The van der Waals surface area contributed by atoms with Crippen molar-refractivity contribution in [1.29, 1.82) is 0 Å². The summed E-state index contributed by atoms with van der Waals surface area (Å²) in [6, 6.07) is 15.4. The number of aryl methyl sites for hydroxylation is 1. The average Bonchev–Trinajstić information content (AvgIpc) is 2.38. The van der Waals surface area contributed by atoms with Gasteiger partial charge in [0.05, 0.1) is 0 Å². The second-order valence-corrected chi connectivity index (χ2v) is 4.55. The number of hydrogen-bond acceptors (Lipinski definition) is 1. The molecule has 0 bridgehead atoms. The summed E-state index contributed by atoms with van der Waals surface area (Å²) in [5.41, 5.74) is 3.22. The van der Waals surface area contributed by atoms with Crippen molar-refractivity contribution in [2.24, 2.45) is 0 Å². The maximum atomic E-state index is 13.5. The quantitative estimate of drug-likeness (QED) is 0.856. The van der Waals surface area contributed by atoms with Crippen LogP contribution in [-0.4, -0.2) is 0 Å². The van der Waals surface area contributed by atoms with Crippen LogP contribution in [0.4, 0.5) is 4.39 Å². The van der Waals surface area contributed by atoms with Crippen LogP contribution in [0.2, 0.25) is 0 Å². The van der Waals surface area contributed by atoms with E-state index in [0.717, 1.165) is 0 Å². The van der Waals surface area contributed by atoms with Crippen LogP contribution in [0.1, 0.15) is 29.7 Å². The molecule has 2 aromatic rings. The molecule has 0 radical (unpaired) electrons. The Morgan fingerprint density at radius 3 is 2.44 bits per heavy atom. The van der Waals surface area contributed by atoms with Gasteiger partial charge in [0, 0.05) is 18.2 Å². The highest BCUT2D eigenvalue weighted by atomic mass is 19.1. The summed E-state index contributed by atoms with van der Waals surface area (Å²) in [6.07, 6.45) is 0. The minimum Gasteiger partial charge on any atom is -0.306 e. The molecule has 0 spiro atoms. The predicted octanol–water partition coefficient (Wildman–Crippen LogP) is 3.98. The van der Waals surface area contributed by atoms with Crippen molar-refractivity contribution in [2.45, 2.75) is 26.4 Å². The molecule has 0 aromatic heterocycles. The van der Waals surface area contributed by atoms with E-state index in [1.807, 2.05) is 24.3 Å². The maximum Gasteiger partial charge on any atom is 0.127 e. The molecule has 0 saturated carbocycles. The zero-order chi connectivity index (χ0) is 13.0. The van der Waals surface area contributed by atoms with Gasteiger partial charge in [0.1, 0.15) is 5.82 Å². The summed E-state index contributed by atoms with van der Waals surface area (Å²) in [5, 5.41) is 3.36. The summed E-state index contributed by atoms with van der Waals surface area (Å²) in [4.78, 5) is 0. The second kappa shape index (κ2) is 5.78. The minimum atomic E-state index is -0.151. The van der Waals surface area contributed by atoms with Crippen LogP contribution in [0.3, 0.4) is 0 Å². The topological polar surface area (TPSA) is 12.0 Å². The van der Waals surface area contributed by atoms with Gasteiger partial charge in [-0.1, -0.05) is 42.5 Å². The van der Waals surface area contributed by atoms with Crippen molar-refractivity contribution >= 4 is 0 Å². The molecule has 1 atom stereocenters. The summed E-state index contributed by atoms with van der Waals surface area (Å²) in [5.74, 6) is -0.151. The van der Waals surface area contributed by atoms with E-state index in [0.29, 0.717) is 12.1 Å². The molecule has 0 unspecified atom stereocenters. The van der Waals surface area contributed by atoms with Crippen LogP contribution >= 0.6 is 0 Å². The molecule has 2 heteroatoms. The molecule has 0 aliphatic heterocycles. The lowest BCUT2D eigenvalue weighted by atomic mass is 10.0. The Balaban J connectivity index is 2.03. The van der Waals surface area contributed by atoms with Crippen LogP contribution in [0.15, 0.2) is 48.5 Å². The first kappa shape index (κ1) is 12.8. The van der Waals surface area contributed by atoms with Gasteiger partial charge in [-0.3, -0.25) is 0 Å². The summed E-state index contributed by atoms with van der Waals surface area (Å²) < 4.78 is 13.5. The molecule has 2 aromatic carbocycles. The molecule has 0 aliphatic carbocycles. The van der Waals surface area contributed by atoms with Gasteiger partial charge in [0.25, 0.3) is 0 Å². The van der Waals surface area contributed by atoms with Gasteiger partial charge >= 0.3 is 0 Å². The largest absolute Gasteiger partial charge is 0.306 e. The van der Waals surface area contributed by atoms with E-state index < -0.39 is 0 Å². The molecule has 0 aliphatic rings. The van der Waals surface area contributed by atoms with Gasteiger partial charge in [0.2, 0.25) is 0 Å².